The second kappa shape index (κ2) is 13.1. The summed E-state index contributed by atoms with van der Waals surface area (Å²) >= 11 is 0. The molecule has 250 valence electrons. The van der Waals surface area contributed by atoms with E-state index in [0.717, 1.165) is 13.1 Å². The Morgan fingerprint density at radius 2 is 1.67 bits per heavy atom. The predicted molar refractivity (Wildman–Crippen MR) is 172 cm³/mol. The summed E-state index contributed by atoms with van der Waals surface area (Å²) < 4.78 is 18.1. The second-order valence-corrected chi connectivity index (χ2v) is 13.3. The molecule has 1 aromatic rings. The number of carbonyl (C=O) groups is 3. The van der Waals surface area contributed by atoms with Crippen LogP contribution in [0.25, 0.3) is 0 Å². The van der Waals surface area contributed by atoms with E-state index in [2.05, 4.69) is 4.90 Å². The van der Waals surface area contributed by atoms with Gasteiger partial charge in [-0.15, -0.1) is 0 Å². The lowest BCUT2D eigenvalue weighted by Crippen LogP contribution is -2.60. The zero-order valence-electron chi connectivity index (χ0n) is 27.5. The Morgan fingerprint density at radius 1 is 0.957 bits per heavy atom. The normalized spacial score (nSPS) is 32.6. The summed E-state index contributed by atoms with van der Waals surface area (Å²) in [5.74, 6) is -1.96. The highest BCUT2D eigenvalue weighted by molar-refractivity contribution is 6.04. The number of hydrogen-bond donors (Lipinski definition) is 1. The molecular weight excluding hydrogens is 588 g/mol. The Labute approximate surface area is 271 Å². The summed E-state index contributed by atoms with van der Waals surface area (Å²) in [5, 5.41) is 10.7. The van der Waals surface area contributed by atoms with E-state index in [1.165, 1.54) is 0 Å². The molecule has 5 aliphatic heterocycles. The topological polar surface area (TPSA) is 112 Å². The van der Waals surface area contributed by atoms with E-state index in [-0.39, 0.29) is 30.2 Å². The standard InChI is InChI=1S/C35H48N4O7/c1-5-24(3)27(23-40)39-30-33(43)37(18-17-36-19-21-44-22-20-36)15-8-14-35(30)29(32(39)42)28-31(41)38(16-7-13-34(28,4)46-35)25-9-11-26(12-10-25)45-6-2/h7-14,24,27-30,40H,5-6,15-23H2,1-4H3/t24-,27-,28-,29-,30?,34+,35-/m0/s1. The smallest absolute Gasteiger partial charge is 0.249 e. The SMILES string of the molecule is CCOc1ccc(N2CC=C[C@@]3(C)O[C@]45C=CCN(CCN6CCOCC6)C(=O)C4N([C@@H](CO)[C@@H](C)CC)C(=O)[C@@H]5[C@H]3C2=O)cc1. The third-order valence-electron chi connectivity index (χ3n) is 10.7. The monoisotopic (exact) mass is 636 g/mol. The van der Waals surface area contributed by atoms with Crippen molar-refractivity contribution in [2.75, 3.05) is 70.6 Å². The van der Waals surface area contributed by atoms with Gasteiger partial charge in [0.15, 0.2) is 0 Å². The largest absolute Gasteiger partial charge is 0.494 e. The lowest BCUT2D eigenvalue weighted by molar-refractivity contribution is -0.155. The molecule has 3 saturated heterocycles. The quantitative estimate of drug-likeness (QED) is 0.389. The fourth-order valence-corrected chi connectivity index (χ4v) is 8.09. The van der Waals surface area contributed by atoms with Gasteiger partial charge in [0.05, 0.1) is 49.9 Å². The Hall–Kier alpha value is -3.25. The van der Waals surface area contributed by atoms with Gasteiger partial charge in [-0.2, -0.15) is 0 Å². The van der Waals surface area contributed by atoms with Gasteiger partial charge in [0.25, 0.3) is 0 Å². The third-order valence-corrected chi connectivity index (χ3v) is 10.7. The Morgan fingerprint density at radius 3 is 2.35 bits per heavy atom. The predicted octanol–water partition coefficient (Wildman–Crippen LogP) is 2.10. The molecule has 0 saturated carbocycles. The molecular formula is C35H48N4O7. The highest BCUT2D eigenvalue weighted by Gasteiger charge is 2.75. The molecule has 1 N–H and O–H groups in total. The first-order chi connectivity index (χ1) is 22.2. The highest BCUT2D eigenvalue weighted by Crippen LogP contribution is 2.58. The van der Waals surface area contributed by atoms with Gasteiger partial charge in [0, 0.05) is 45.0 Å². The number of nitrogens with zero attached hydrogens (tertiary/aromatic N) is 4. The molecule has 3 amide bonds. The van der Waals surface area contributed by atoms with E-state index >= 15 is 0 Å². The van der Waals surface area contributed by atoms with Crippen LogP contribution >= 0.6 is 0 Å². The van der Waals surface area contributed by atoms with Crippen LogP contribution in [0.4, 0.5) is 5.69 Å². The first kappa shape index (κ1) is 32.7. The second-order valence-electron chi connectivity index (χ2n) is 13.3. The first-order valence-electron chi connectivity index (χ1n) is 16.8. The number of amides is 3. The summed E-state index contributed by atoms with van der Waals surface area (Å²) in [7, 11) is 0. The van der Waals surface area contributed by atoms with Crippen LogP contribution in [0.3, 0.4) is 0 Å². The van der Waals surface area contributed by atoms with Crippen molar-refractivity contribution in [3.63, 3.8) is 0 Å². The molecule has 11 heteroatoms. The molecule has 5 heterocycles. The summed E-state index contributed by atoms with van der Waals surface area (Å²) in [5.41, 5.74) is -1.80. The zero-order chi connectivity index (χ0) is 32.6. The number of anilines is 1. The molecule has 0 bridgehead atoms. The maximum atomic E-state index is 14.8. The molecule has 3 fully saturated rings. The van der Waals surface area contributed by atoms with Crippen molar-refractivity contribution in [2.24, 2.45) is 17.8 Å². The van der Waals surface area contributed by atoms with Crippen molar-refractivity contribution in [1.82, 2.24) is 14.7 Å². The van der Waals surface area contributed by atoms with Gasteiger partial charge in [-0.3, -0.25) is 19.3 Å². The molecule has 46 heavy (non-hydrogen) atoms. The Balaban J connectivity index is 1.39. The van der Waals surface area contributed by atoms with Crippen LogP contribution < -0.4 is 9.64 Å². The maximum Gasteiger partial charge on any atom is 0.249 e. The van der Waals surface area contributed by atoms with Crippen LogP contribution in [0, 0.1) is 17.8 Å². The number of likely N-dealkylation sites (tertiary alicyclic amines) is 1. The number of fused-ring (bicyclic) bond motifs is 2. The van der Waals surface area contributed by atoms with Crippen molar-refractivity contribution in [3.05, 3.63) is 48.6 Å². The molecule has 7 atom stereocenters. The number of aliphatic hydroxyl groups is 1. The molecule has 11 nitrogen and oxygen atoms in total. The third kappa shape index (κ3) is 5.44. The van der Waals surface area contributed by atoms with Crippen molar-refractivity contribution < 1.29 is 33.7 Å². The van der Waals surface area contributed by atoms with Crippen molar-refractivity contribution in [3.8, 4) is 5.75 Å². The van der Waals surface area contributed by atoms with E-state index < -0.39 is 35.1 Å². The minimum atomic E-state index is -1.37. The van der Waals surface area contributed by atoms with Crippen LogP contribution in [0.15, 0.2) is 48.6 Å². The van der Waals surface area contributed by atoms with Gasteiger partial charge in [-0.05, 0) is 44.0 Å². The van der Waals surface area contributed by atoms with Gasteiger partial charge in [0.1, 0.15) is 17.4 Å². The zero-order valence-corrected chi connectivity index (χ0v) is 27.5. The summed E-state index contributed by atoms with van der Waals surface area (Å²) in [6, 6.07) is 5.76. The van der Waals surface area contributed by atoms with E-state index in [9.17, 15) is 19.5 Å². The number of aliphatic hydroxyl groups excluding tert-OH is 1. The van der Waals surface area contributed by atoms with Gasteiger partial charge in [0.2, 0.25) is 17.7 Å². The van der Waals surface area contributed by atoms with E-state index in [1.807, 2.05) is 76.3 Å². The van der Waals surface area contributed by atoms with Crippen LogP contribution in [-0.2, 0) is 23.9 Å². The molecule has 1 aromatic carbocycles. The maximum absolute atomic E-state index is 14.8. The van der Waals surface area contributed by atoms with Crippen molar-refractivity contribution >= 4 is 23.4 Å². The van der Waals surface area contributed by atoms with Crippen LogP contribution in [0.1, 0.15) is 34.1 Å². The molecule has 6 rings (SSSR count). The fraction of sp³-hybridized carbons (Fsp3) is 0.629. The van der Waals surface area contributed by atoms with Gasteiger partial charge >= 0.3 is 0 Å². The highest BCUT2D eigenvalue weighted by atomic mass is 16.5. The lowest BCUT2D eigenvalue weighted by Gasteiger charge is -2.41. The fourth-order valence-electron chi connectivity index (χ4n) is 8.09. The Kier molecular flexibility index (Phi) is 9.31. The summed E-state index contributed by atoms with van der Waals surface area (Å²) in [6.45, 7) is 12.8. The Bertz CT molecular complexity index is 1360. The number of benzene rings is 1. The molecule has 1 unspecified atom stereocenters. The first-order valence-corrected chi connectivity index (χ1v) is 16.8. The molecule has 0 radical (unpaired) electrons. The van der Waals surface area contributed by atoms with Gasteiger partial charge in [-0.1, -0.05) is 44.6 Å². The number of hydrogen-bond acceptors (Lipinski definition) is 8. The summed E-state index contributed by atoms with van der Waals surface area (Å²) in [6.07, 6.45) is 8.31. The minimum absolute atomic E-state index is 0.0804. The average Bonchev–Trinajstić information content (AvgIpc) is 3.33. The molecule has 5 aliphatic rings. The van der Waals surface area contributed by atoms with E-state index in [1.54, 1.807) is 14.7 Å². The van der Waals surface area contributed by atoms with Gasteiger partial charge < -0.3 is 34.0 Å². The molecule has 0 aromatic heterocycles. The molecule has 0 aliphatic carbocycles. The number of morpholine rings is 1. The molecule has 1 spiro atoms. The van der Waals surface area contributed by atoms with Crippen LogP contribution in [0.2, 0.25) is 0 Å². The van der Waals surface area contributed by atoms with Crippen LogP contribution in [-0.4, -0.2) is 127 Å². The van der Waals surface area contributed by atoms with Crippen molar-refractivity contribution in [2.45, 2.75) is 57.4 Å². The number of carbonyl (C=O) groups excluding carboxylic acids is 3. The number of ether oxygens (including phenoxy) is 3. The van der Waals surface area contributed by atoms with Gasteiger partial charge in [-0.25, -0.2) is 0 Å². The average molecular weight is 637 g/mol. The van der Waals surface area contributed by atoms with Crippen LogP contribution in [0.5, 0.6) is 5.75 Å². The number of rotatable bonds is 10. The summed E-state index contributed by atoms with van der Waals surface area (Å²) in [4.78, 5) is 51.6. The van der Waals surface area contributed by atoms with E-state index in [4.69, 9.17) is 14.2 Å². The van der Waals surface area contributed by atoms with Crippen molar-refractivity contribution in [1.29, 1.82) is 0 Å². The minimum Gasteiger partial charge on any atom is -0.494 e. The lowest BCUT2D eigenvalue weighted by atomic mass is 9.74. The van der Waals surface area contributed by atoms with E-state index in [0.29, 0.717) is 63.9 Å².